The van der Waals surface area contributed by atoms with Gasteiger partial charge < -0.3 is 4.74 Å². The van der Waals surface area contributed by atoms with Gasteiger partial charge in [0, 0.05) is 5.56 Å². The third kappa shape index (κ3) is 2.58. The fraction of sp³-hybridized carbons (Fsp3) is 0.167. The molecule has 0 aliphatic carbocycles. The second kappa shape index (κ2) is 5.07. The van der Waals surface area contributed by atoms with Crippen LogP contribution in [-0.2, 0) is 0 Å². The van der Waals surface area contributed by atoms with E-state index < -0.39 is 0 Å². The fourth-order valence-electron chi connectivity index (χ4n) is 1.37. The monoisotopic (exact) mass is 278 g/mol. The lowest BCUT2D eigenvalue weighted by atomic mass is 10.1. The van der Waals surface area contributed by atoms with Crippen molar-refractivity contribution in [2.75, 3.05) is 6.61 Å². The van der Waals surface area contributed by atoms with Crippen molar-refractivity contribution in [3.63, 3.8) is 0 Å². The van der Waals surface area contributed by atoms with E-state index in [1.54, 1.807) is 12.4 Å². The van der Waals surface area contributed by atoms with E-state index in [0.717, 1.165) is 21.6 Å². The van der Waals surface area contributed by atoms with E-state index >= 15 is 0 Å². The van der Waals surface area contributed by atoms with Crippen LogP contribution >= 0.6 is 15.9 Å². The molecule has 0 atom stereocenters. The first-order valence-electron chi connectivity index (χ1n) is 5.00. The minimum absolute atomic E-state index is 0.677. The Morgan fingerprint density at radius 3 is 2.56 bits per heavy atom. The number of aromatic nitrogens is 2. The Morgan fingerprint density at radius 1 is 1.19 bits per heavy atom. The summed E-state index contributed by atoms with van der Waals surface area (Å²) < 4.78 is 6.11. The van der Waals surface area contributed by atoms with Gasteiger partial charge in [0.25, 0.3) is 0 Å². The van der Waals surface area contributed by atoms with Gasteiger partial charge in [0.05, 0.1) is 24.7 Å². The minimum Gasteiger partial charge on any atom is -0.494 e. The van der Waals surface area contributed by atoms with Crippen LogP contribution in [0.25, 0.3) is 11.3 Å². The van der Waals surface area contributed by atoms with Crippen LogP contribution in [-0.4, -0.2) is 16.6 Å². The number of hydrogen-bond donors (Lipinski definition) is 0. The van der Waals surface area contributed by atoms with E-state index in [2.05, 4.69) is 25.9 Å². The van der Waals surface area contributed by atoms with E-state index in [1.165, 1.54) is 0 Å². The van der Waals surface area contributed by atoms with E-state index in [0.29, 0.717) is 6.61 Å². The first kappa shape index (κ1) is 11.1. The average Bonchev–Trinajstić information content (AvgIpc) is 2.30. The minimum atomic E-state index is 0.677. The summed E-state index contributed by atoms with van der Waals surface area (Å²) in [6.07, 6.45) is 3.40. The van der Waals surface area contributed by atoms with Gasteiger partial charge in [-0.15, -0.1) is 0 Å². The van der Waals surface area contributed by atoms with E-state index in [9.17, 15) is 0 Å². The molecule has 82 valence electrons. The summed E-state index contributed by atoms with van der Waals surface area (Å²) in [6.45, 7) is 2.64. The maximum atomic E-state index is 5.38. The van der Waals surface area contributed by atoms with Crippen molar-refractivity contribution in [3.8, 4) is 17.0 Å². The lowest BCUT2D eigenvalue weighted by molar-refractivity contribution is 0.340. The summed E-state index contributed by atoms with van der Waals surface area (Å²) in [5.41, 5.74) is 1.87. The Hall–Kier alpha value is -1.42. The number of ether oxygens (including phenoxy) is 1. The molecule has 2 aromatic rings. The third-order valence-electron chi connectivity index (χ3n) is 2.07. The molecule has 1 heterocycles. The van der Waals surface area contributed by atoms with Crippen molar-refractivity contribution >= 4 is 15.9 Å². The molecule has 0 saturated carbocycles. The maximum absolute atomic E-state index is 5.38. The Labute approximate surface area is 103 Å². The van der Waals surface area contributed by atoms with Gasteiger partial charge in [0.2, 0.25) is 0 Å². The van der Waals surface area contributed by atoms with Gasteiger partial charge in [0.1, 0.15) is 10.4 Å². The van der Waals surface area contributed by atoms with E-state index in [1.807, 2.05) is 31.2 Å². The van der Waals surface area contributed by atoms with Crippen molar-refractivity contribution in [1.29, 1.82) is 0 Å². The van der Waals surface area contributed by atoms with Crippen molar-refractivity contribution in [2.45, 2.75) is 6.92 Å². The smallest absolute Gasteiger partial charge is 0.125 e. The molecule has 0 unspecified atom stereocenters. The topological polar surface area (TPSA) is 35.0 Å². The standard InChI is InChI=1S/C12H11BrN2O/c1-2-16-10-5-3-9(4-6-10)11-7-14-8-12(13)15-11/h3-8H,2H2,1H3. The lowest BCUT2D eigenvalue weighted by Crippen LogP contribution is -1.91. The zero-order chi connectivity index (χ0) is 11.4. The summed E-state index contributed by atoms with van der Waals surface area (Å²) >= 11 is 3.30. The van der Waals surface area contributed by atoms with Gasteiger partial charge in [0.15, 0.2) is 0 Å². The molecule has 2 rings (SSSR count). The molecule has 0 bridgehead atoms. The molecule has 0 fully saturated rings. The van der Waals surface area contributed by atoms with Crippen LogP contribution in [0.15, 0.2) is 41.3 Å². The van der Waals surface area contributed by atoms with Crippen LogP contribution in [0.1, 0.15) is 6.92 Å². The van der Waals surface area contributed by atoms with Crippen LogP contribution in [0.4, 0.5) is 0 Å². The Kier molecular flexibility index (Phi) is 3.51. The summed E-state index contributed by atoms with van der Waals surface area (Å²) in [5.74, 6) is 0.870. The first-order valence-corrected chi connectivity index (χ1v) is 5.79. The molecule has 0 aliphatic rings. The summed E-state index contributed by atoms with van der Waals surface area (Å²) in [5, 5.41) is 0. The third-order valence-corrected chi connectivity index (χ3v) is 2.45. The normalized spacial score (nSPS) is 10.1. The Balaban J connectivity index is 2.27. The van der Waals surface area contributed by atoms with Gasteiger partial charge in [-0.3, -0.25) is 4.98 Å². The lowest BCUT2D eigenvalue weighted by Gasteiger charge is -2.04. The van der Waals surface area contributed by atoms with Crippen LogP contribution in [0.5, 0.6) is 5.75 Å². The predicted octanol–water partition coefficient (Wildman–Crippen LogP) is 3.30. The van der Waals surface area contributed by atoms with Gasteiger partial charge in [-0.05, 0) is 47.1 Å². The van der Waals surface area contributed by atoms with Crippen molar-refractivity contribution in [2.24, 2.45) is 0 Å². The quantitative estimate of drug-likeness (QED) is 0.864. The first-order chi connectivity index (χ1) is 7.79. The molecular weight excluding hydrogens is 268 g/mol. The molecule has 3 nitrogen and oxygen atoms in total. The Bertz CT molecular complexity index is 471. The number of rotatable bonds is 3. The molecule has 1 aromatic heterocycles. The van der Waals surface area contributed by atoms with Gasteiger partial charge >= 0.3 is 0 Å². The molecule has 0 saturated heterocycles. The summed E-state index contributed by atoms with van der Waals surface area (Å²) in [7, 11) is 0. The average molecular weight is 279 g/mol. The number of halogens is 1. The Morgan fingerprint density at radius 2 is 1.94 bits per heavy atom. The van der Waals surface area contributed by atoms with Crippen molar-refractivity contribution in [3.05, 3.63) is 41.3 Å². The highest BCUT2D eigenvalue weighted by Crippen LogP contribution is 2.21. The molecule has 0 amide bonds. The molecule has 1 aromatic carbocycles. The SMILES string of the molecule is CCOc1ccc(-c2cncc(Br)n2)cc1. The van der Waals surface area contributed by atoms with E-state index in [-0.39, 0.29) is 0 Å². The van der Waals surface area contributed by atoms with Crippen LogP contribution in [0.2, 0.25) is 0 Å². The highest BCUT2D eigenvalue weighted by molar-refractivity contribution is 9.10. The molecule has 0 aliphatic heterocycles. The highest BCUT2D eigenvalue weighted by Gasteiger charge is 2.01. The number of benzene rings is 1. The van der Waals surface area contributed by atoms with Crippen LogP contribution in [0, 0.1) is 0 Å². The molecule has 4 heteroatoms. The second-order valence-corrected chi connectivity index (χ2v) is 4.00. The van der Waals surface area contributed by atoms with Crippen LogP contribution < -0.4 is 4.74 Å². The molecule has 16 heavy (non-hydrogen) atoms. The van der Waals surface area contributed by atoms with Gasteiger partial charge in [-0.25, -0.2) is 4.98 Å². The number of nitrogens with zero attached hydrogens (tertiary/aromatic N) is 2. The van der Waals surface area contributed by atoms with Crippen molar-refractivity contribution in [1.82, 2.24) is 9.97 Å². The zero-order valence-corrected chi connectivity index (χ0v) is 10.4. The summed E-state index contributed by atoms with van der Waals surface area (Å²) in [4.78, 5) is 8.41. The number of hydrogen-bond acceptors (Lipinski definition) is 3. The maximum Gasteiger partial charge on any atom is 0.125 e. The molecule has 0 N–H and O–H groups in total. The zero-order valence-electron chi connectivity index (χ0n) is 8.85. The highest BCUT2D eigenvalue weighted by atomic mass is 79.9. The second-order valence-electron chi connectivity index (χ2n) is 3.18. The van der Waals surface area contributed by atoms with Crippen molar-refractivity contribution < 1.29 is 4.74 Å². The van der Waals surface area contributed by atoms with Gasteiger partial charge in [-0.1, -0.05) is 0 Å². The largest absolute Gasteiger partial charge is 0.494 e. The molecular formula is C12H11BrN2O. The summed E-state index contributed by atoms with van der Waals surface area (Å²) in [6, 6.07) is 7.81. The van der Waals surface area contributed by atoms with Crippen LogP contribution in [0.3, 0.4) is 0 Å². The molecule has 0 spiro atoms. The fourth-order valence-corrected chi connectivity index (χ4v) is 1.68. The molecule has 0 radical (unpaired) electrons. The van der Waals surface area contributed by atoms with Gasteiger partial charge in [-0.2, -0.15) is 0 Å². The predicted molar refractivity (Wildman–Crippen MR) is 66.3 cm³/mol. The van der Waals surface area contributed by atoms with E-state index in [4.69, 9.17) is 4.74 Å².